The number of nitrogens with zero attached hydrogens (tertiary/aromatic N) is 3. The normalized spacial score (nSPS) is 12.3. The molecule has 0 amide bonds. The lowest BCUT2D eigenvalue weighted by molar-refractivity contribution is -0.139. The number of para-hydroxylation sites is 1. The van der Waals surface area contributed by atoms with Crippen LogP contribution in [-0.4, -0.2) is 40.7 Å². The van der Waals surface area contributed by atoms with Crippen LogP contribution >= 0.6 is 15.9 Å². The van der Waals surface area contributed by atoms with Gasteiger partial charge in [-0.15, -0.1) is 0 Å². The minimum Gasteiger partial charge on any atom is -0.493 e. The summed E-state index contributed by atoms with van der Waals surface area (Å²) in [4.78, 5) is 28.8. The number of hydrogen-bond acceptors (Lipinski definition) is 6. The van der Waals surface area contributed by atoms with Crippen molar-refractivity contribution in [3.05, 3.63) is 62.6 Å². The Morgan fingerprint density at radius 1 is 1.35 bits per heavy atom. The highest BCUT2D eigenvalue weighted by Gasteiger charge is 2.16. The molecule has 3 aromatic rings. The maximum atomic E-state index is 13.2. The van der Waals surface area contributed by atoms with Crippen LogP contribution in [0.3, 0.4) is 0 Å². The summed E-state index contributed by atoms with van der Waals surface area (Å²) in [5.41, 5.74) is 0.771. The molecule has 0 bridgehead atoms. The molecule has 1 atom stereocenters. The van der Waals surface area contributed by atoms with Gasteiger partial charge in [0.15, 0.2) is 18.1 Å². The number of aromatic nitrogens is 2. The lowest BCUT2D eigenvalue weighted by atomic mass is 10.1. The summed E-state index contributed by atoms with van der Waals surface area (Å²) in [7, 11) is 1.46. The lowest BCUT2D eigenvalue weighted by Crippen LogP contribution is -2.23. The van der Waals surface area contributed by atoms with Gasteiger partial charge in [-0.3, -0.25) is 4.79 Å². The molecule has 2 aromatic carbocycles. The van der Waals surface area contributed by atoms with E-state index in [4.69, 9.17) is 14.6 Å². The van der Waals surface area contributed by atoms with Crippen molar-refractivity contribution in [2.45, 2.75) is 26.2 Å². The Morgan fingerprint density at radius 2 is 2.13 bits per heavy atom. The average Bonchev–Trinajstić information content (AvgIpc) is 2.76. The Kier molecular flexibility index (Phi) is 7.06. The first-order chi connectivity index (χ1) is 14.8. The molecule has 0 aliphatic carbocycles. The van der Waals surface area contributed by atoms with Gasteiger partial charge in [0.1, 0.15) is 5.82 Å². The number of methoxy groups -OCH3 is 1. The van der Waals surface area contributed by atoms with Crippen LogP contribution in [0.5, 0.6) is 11.5 Å². The van der Waals surface area contributed by atoms with E-state index in [1.165, 1.54) is 18.0 Å². The summed E-state index contributed by atoms with van der Waals surface area (Å²) in [5.74, 6) is -0.000155. The molecule has 0 aliphatic heterocycles. The SMILES string of the molecule is CC[C@@H](C)c1nc2ccc(Br)cc2c(=O)n1N=Cc1cccc(OC)c1OCC(=O)O. The van der Waals surface area contributed by atoms with Crippen LogP contribution in [0.1, 0.15) is 37.6 Å². The van der Waals surface area contributed by atoms with Crippen molar-refractivity contribution in [1.82, 2.24) is 9.66 Å². The van der Waals surface area contributed by atoms with E-state index < -0.39 is 12.6 Å². The van der Waals surface area contributed by atoms with Gasteiger partial charge < -0.3 is 14.6 Å². The van der Waals surface area contributed by atoms with E-state index in [-0.39, 0.29) is 17.2 Å². The van der Waals surface area contributed by atoms with Crippen LogP contribution in [0.15, 0.2) is 50.8 Å². The van der Waals surface area contributed by atoms with Crippen LogP contribution in [-0.2, 0) is 4.79 Å². The Morgan fingerprint density at radius 3 is 2.81 bits per heavy atom. The van der Waals surface area contributed by atoms with Gasteiger partial charge in [-0.2, -0.15) is 9.78 Å². The van der Waals surface area contributed by atoms with E-state index in [0.29, 0.717) is 28.0 Å². The highest BCUT2D eigenvalue weighted by Crippen LogP contribution is 2.30. The number of carboxylic acids is 1. The molecular weight excluding hydrogens is 466 g/mol. The summed E-state index contributed by atoms with van der Waals surface area (Å²) in [5, 5.41) is 13.8. The molecule has 0 fully saturated rings. The van der Waals surface area contributed by atoms with Crippen LogP contribution in [0.25, 0.3) is 10.9 Å². The van der Waals surface area contributed by atoms with Gasteiger partial charge in [0.05, 0.1) is 24.2 Å². The second kappa shape index (κ2) is 9.74. The zero-order valence-electron chi connectivity index (χ0n) is 17.3. The van der Waals surface area contributed by atoms with Crippen molar-refractivity contribution >= 4 is 39.0 Å². The van der Waals surface area contributed by atoms with E-state index in [0.717, 1.165) is 10.9 Å². The van der Waals surface area contributed by atoms with E-state index >= 15 is 0 Å². The first-order valence-corrected chi connectivity index (χ1v) is 10.4. The first kappa shape index (κ1) is 22.5. The van der Waals surface area contributed by atoms with Gasteiger partial charge in [-0.1, -0.05) is 35.8 Å². The zero-order chi connectivity index (χ0) is 22.5. The predicted molar refractivity (Wildman–Crippen MR) is 122 cm³/mol. The topological polar surface area (TPSA) is 103 Å². The van der Waals surface area contributed by atoms with Crippen molar-refractivity contribution in [1.29, 1.82) is 0 Å². The van der Waals surface area contributed by atoms with Gasteiger partial charge >= 0.3 is 5.97 Å². The summed E-state index contributed by atoms with van der Waals surface area (Å²) < 4.78 is 12.7. The van der Waals surface area contributed by atoms with E-state index in [1.54, 1.807) is 30.3 Å². The second-order valence-electron chi connectivity index (χ2n) is 6.86. The third-order valence-corrected chi connectivity index (χ3v) is 5.26. The molecule has 0 saturated heterocycles. The molecule has 0 spiro atoms. The first-order valence-electron chi connectivity index (χ1n) is 9.63. The quantitative estimate of drug-likeness (QED) is 0.481. The third kappa shape index (κ3) is 4.93. The molecule has 162 valence electrons. The van der Waals surface area contributed by atoms with Gasteiger partial charge in [0.2, 0.25) is 0 Å². The summed E-state index contributed by atoms with van der Waals surface area (Å²) in [6.45, 7) is 3.45. The van der Waals surface area contributed by atoms with Crippen LogP contribution in [0.2, 0.25) is 0 Å². The summed E-state index contributed by atoms with van der Waals surface area (Å²) in [6, 6.07) is 10.4. The number of aliphatic carboxylic acids is 1. The minimum atomic E-state index is -1.12. The smallest absolute Gasteiger partial charge is 0.341 e. The van der Waals surface area contributed by atoms with Gasteiger partial charge in [-0.25, -0.2) is 9.78 Å². The number of carboxylic acid groups (broad SMARTS) is 1. The number of benzene rings is 2. The molecule has 0 radical (unpaired) electrons. The number of rotatable bonds is 8. The molecule has 3 rings (SSSR count). The van der Waals surface area contributed by atoms with Crippen molar-refractivity contribution in [2.24, 2.45) is 5.10 Å². The number of ether oxygens (including phenoxy) is 2. The molecule has 1 N–H and O–H groups in total. The average molecular weight is 488 g/mol. The maximum Gasteiger partial charge on any atom is 0.341 e. The molecule has 0 aliphatic rings. The number of hydrogen-bond donors (Lipinski definition) is 1. The number of fused-ring (bicyclic) bond motifs is 1. The molecule has 31 heavy (non-hydrogen) atoms. The lowest BCUT2D eigenvalue weighted by Gasteiger charge is -2.14. The van der Waals surface area contributed by atoms with E-state index in [2.05, 4.69) is 26.0 Å². The van der Waals surface area contributed by atoms with Crippen LogP contribution in [0.4, 0.5) is 0 Å². The highest BCUT2D eigenvalue weighted by atomic mass is 79.9. The van der Waals surface area contributed by atoms with Gasteiger partial charge in [0, 0.05) is 16.0 Å². The van der Waals surface area contributed by atoms with Crippen molar-refractivity contribution < 1.29 is 19.4 Å². The van der Waals surface area contributed by atoms with Crippen molar-refractivity contribution in [3.8, 4) is 11.5 Å². The molecule has 1 heterocycles. The van der Waals surface area contributed by atoms with Crippen molar-refractivity contribution in [3.63, 3.8) is 0 Å². The Bertz CT molecular complexity index is 1210. The monoisotopic (exact) mass is 487 g/mol. The van der Waals surface area contributed by atoms with Crippen LogP contribution in [0, 0.1) is 0 Å². The van der Waals surface area contributed by atoms with E-state index in [1.807, 2.05) is 19.9 Å². The highest BCUT2D eigenvalue weighted by molar-refractivity contribution is 9.10. The fraction of sp³-hybridized carbons (Fsp3) is 0.273. The molecule has 0 saturated carbocycles. The predicted octanol–water partition coefficient (Wildman–Crippen LogP) is 4.03. The molecule has 8 nitrogen and oxygen atoms in total. The molecular formula is C22H22BrN3O5. The largest absolute Gasteiger partial charge is 0.493 e. The maximum absolute atomic E-state index is 13.2. The number of carbonyl (C=O) groups is 1. The Labute approximate surface area is 187 Å². The third-order valence-electron chi connectivity index (χ3n) is 4.77. The standard InChI is InChI=1S/C22H22BrN3O5/c1-4-13(2)21-25-17-9-8-15(23)10-16(17)22(29)26(21)24-11-14-6-5-7-18(30-3)20(14)31-12-19(27)28/h5-11,13H,4,12H2,1-3H3,(H,27,28)/t13-/m1/s1. The Balaban J connectivity index is 2.16. The van der Waals surface area contributed by atoms with Gasteiger partial charge in [-0.05, 0) is 36.8 Å². The van der Waals surface area contributed by atoms with Crippen molar-refractivity contribution in [2.75, 3.05) is 13.7 Å². The summed E-state index contributed by atoms with van der Waals surface area (Å²) >= 11 is 3.39. The summed E-state index contributed by atoms with van der Waals surface area (Å²) in [6.07, 6.45) is 2.22. The van der Waals surface area contributed by atoms with Gasteiger partial charge in [0.25, 0.3) is 5.56 Å². The molecule has 9 heteroatoms. The fourth-order valence-corrected chi connectivity index (χ4v) is 3.34. The second-order valence-corrected chi connectivity index (χ2v) is 7.78. The number of halogens is 1. The fourth-order valence-electron chi connectivity index (χ4n) is 2.98. The Hall–Kier alpha value is -3.20. The minimum absolute atomic E-state index is 0.00839. The van der Waals surface area contributed by atoms with E-state index in [9.17, 15) is 9.59 Å². The molecule has 1 aromatic heterocycles. The van der Waals surface area contributed by atoms with Crippen LogP contribution < -0.4 is 15.0 Å². The molecule has 0 unspecified atom stereocenters. The zero-order valence-corrected chi connectivity index (χ0v) is 18.9.